The third-order valence-corrected chi connectivity index (χ3v) is 3.92. The molecule has 0 aliphatic carbocycles. The molecule has 1 atom stereocenters. The predicted octanol–water partition coefficient (Wildman–Crippen LogP) is 2.63. The van der Waals surface area contributed by atoms with Gasteiger partial charge in [0.05, 0.1) is 6.54 Å². The maximum Gasteiger partial charge on any atom is 0.321 e. The summed E-state index contributed by atoms with van der Waals surface area (Å²) in [5.41, 5.74) is 1.82. The van der Waals surface area contributed by atoms with Crippen molar-refractivity contribution in [1.29, 1.82) is 0 Å². The van der Waals surface area contributed by atoms with Gasteiger partial charge in [0, 0.05) is 18.8 Å². The van der Waals surface area contributed by atoms with E-state index in [4.69, 9.17) is 14.2 Å². The highest BCUT2D eigenvalue weighted by atomic mass is 16.7. The van der Waals surface area contributed by atoms with E-state index in [1.807, 2.05) is 31.2 Å². The normalized spacial score (nSPS) is 13.2. The number of aryl methyl sites for hydroxylation is 1. The Morgan fingerprint density at radius 2 is 1.96 bits per heavy atom. The first kappa shape index (κ1) is 17.9. The molecule has 2 N–H and O–H groups in total. The van der Waals surface area contributed by atoms with E-state index >= 15 is 0 Å². The van der Waals surface area contributed by atoms with E-state index in [1.54, 1.807) is 25.2 Å². The number of hydrogen-bond donors (Lipinski definition) is 2. The first-order chi connectivity index (χ1) is 12.5. The van der Waals surface area contributed by atoms with E-state index in [1.165, 1.54) is 4.90 Å². The van der Waals surface area contributed by atoms with Crippen molar-refractivity contribution in [2.24, 2.45) is 0 Å². The van der Waals surface area contributed by atoms with Crippen LogP contribution < -0.4 is 19.5 Å². The highest BCUT2D eigenvalue weighted by Crippen LogP contribution is 2.35. The van der Waals surface area contributed by atoms with Gasteiger partial charge in [-0.3, -0.25) is 0 Å². The molecule has 0 fully saturated rings. The van der Waals surface area contributed by atoms with Gasteiger partial charge in [-0.1, -0.05) is 17.7 Å². The number of carbonyl (C=O) groups excluding carboxylic acids is 1. The van der Waals surface area contributed by atoms with E-state index in [-0.39, 0.29) is 26.0 Å². The van der Waals surface area contributed by atoms with Crippen LogP contribution in [-0.2, 0) is 0 Å². The number of benzene rings is 2. The Hall–Kier alpha value is -2.93. The maximum atomic E-state index is 12.2. The smallest absolute Gasteiger partial charge is 0.321 e. The lowest BCUT2D eigenvalue weighted by atomic mass is 10.2. The summed E-state index contributed by atoms with van der Waals surface area (Å²) >= 11 is 0. The van der Waals surface area contributed by atoms with Gasteiger partial charge in [-0.2, -0.15) is 0 Å². The van der Waals surface area contributed by atoms with Crippen LogP contribution in [0.5, 0.6) is 17.2 Å². The number of carbonyl (C=O) groups is 1. The SMILES string of the molecule is Cc1ccc(NC(=O)N(C)CC(O)COc2ccc3c(c2)OCO3)cc1. The summed E-state index contributed by atoms with van der Waals surface area (Å²) in [7, 11) is 1.62. The molecule has 26 heavy (non-hydrogen) atoms. The zero-order chi connectivity index (χ0) is 18.5. The summed E-state index contributed by atoms with van der Waals surface area (Å²) in [6.07, 6.45) is -0.825. The molecule has 1 aliphatic rings. The number of fused-ring (bicyclic) bond motifs is 1. The van der Waals surface area contributed by atoms with Gasteiger partial charge in [0.1, 0.15) is 18.5 Å². The minimum absolute atomic E-state index is 0.0573. The summed E-state index contributed by atoms with van der Waals surface area (Å²) in [5.74, 6) is 1.86. The Balaban J connectivity index is 1.45. The molecule has 138 valence electrons. The van der Waals surface area contributed by atoms with Gasteiger partial charge < -0.3 is 29.5 Å². The molecule has 0 bridgehead atoms. The van der Waals surface area contributed by atoms with Crippen LogP contribution in [0.25, 0.3) is 0 Å². The van der Waals surface area contributed by atoms with E-state index in [0.29, 0.717) is 22.9 Å². The number of ether oxygens (including phenoxy) is 3. The molecule has 1 heterocycles. The van der Waals surface area contributed by atoms with Crippen molar-refractivity contribution in [1.82, 2.24) is 4.90 Å². The molecule has 1 aliphatic heterocycles. The molecule has 7 heteroatoms. The standard InChI is InChI=1S/C19H22N2O5/c1-13-3-5-14(6-4-13)20-19(23)21(2)10-15(22)11-24-16-7-8-17-18(9-16)26-12-25-17/h3-9,15,22H,10-12H2,1-2H3,(H,20,23). The van der Waals surface area contributed by atoms with Gasteiger partial charge in [-0.15, -0.1) is 0 Å². The predicted molar refractivity (Wildman–Crippen MR) is 96.9 cm³/mol. The molecule has 1 unspecified atom stereocenters. The first-order valence-electron chi connectivity index (χ1n) is 8.30. The lowest BCUT2D eigenvalue weighted by Crippen LogP contribution is -2.39. The second-order valence-electron chi connectivity index (χ2n) is 6.16. The summed E-state index contributed by atoms with van der Waals surface area (Å²) in [6, 6.07) is 12.4. The van der Waals surface area contributed by atoms with Gasteiger partial charge in [0.2, 0.25) is 6.79 Å². The lowest BCUT2D eigenvalue weighted by Gasteiger charge is -2.21. The maximum absolute atomic E-state index is 12.2. The Kier molecular flexibility index (Phi) is 5.48. The molecule has 7 nitrogen and oxygen atoms in total. The number of nitrogens with zero attached hydrogens (tertiary/aromatic N) is 1. The highest BCUT2D eigenvalue weighted by Gasteiger charge is 2.16. The second kappa shape index (κ2) is 7.97. The molecule has 2 amide bonds. The largest absolute Gasteiger partial charge is 0.491 e. The Morgan fingerprint density at radius 3 is 2.73 bits per heavy atom. The Bertz CT molecular complexity index is 763. The second-order valence-corrected chi connectivity index (χ2v) is 6.16. The number of aliphatic hydroxyl groups excluding tert-OH is 1. The number of amides is 2. The summed E-state index contributed by atoms with van der Waals surface area (Å²) < 4.78 is 16.1. The zero-order valence-corrected chi connectivity index (χ0v) is 14.8. The number of urea groups is 1. The molecule has 3 rings (SSSR count). The van der Waals surface area contributed by atoms with Gasteiger partial charge in [0.25, 0.3) is 0 Å². The quantitative estimate of drug-likeness (QED) is 0.830. The van der Waals surface area contributed by atoms with Crippen molar-refractivity contribution in [3.05, 3.63) is 48.0 Å². The summed E-state index contributed by atoms with van der Waals surface area (Å²) in [4.78, 5) is 13.6. The van der Waals surface area contributed by atoms with Crippen molar-refractivity contribution in [2.75, 3.05) is 32.3 Å². The van der Waals surface area contributed by atoms with Crippen LogP contribution in [0.3, 0.4) is 0 Å². The highest BCUT2D eigenvalue weighted by molar-refractivity contribution is 5.89. The van der Waals surface area contributed by atoms with E-state index in [0.717, 1.165) is 5.56 Å². The molecule has 0 saturated heterocycles. The molecule has 0 radical (unpaired) electrons. The molecular weight excluding hydrogens is 336 g/mol. The zero-order valence-electron chi connectivity index (χ0n) is 14.8. The van der Waals surface area contributed by atoms with Crippen LogP contribution in [-0.4, -0.2) is 49.1 Å². The molecule has 2 aromatic rings. The number of hydrogen-bond acceptors (Lipinski definition) is 5. The molecule has 0 aromatic heterocycles. The topological polar surface area (TPSA) is 80.3 Å². The van der Waals surface area contributed by atoms with Crippen LogP contribution in [0.4, 0.5) is 10.5 Å². The third kappa shape index (κ3) is 4.58. The Labute approximate surface area is 152 Å². The van der Waals surface area contributed by atoms with E-state index < -0.39 is 6.10 Å². The van der Waals surface area contributed by atoms with Crippen molar-refractivity contribution in [3.8, 4) is 17.2 Å². The summed E-state index contributed by atoms with van der Waals surface area (Å²) in [5, 5.41) is 12.9. The van der Waals surface area contributed by atoms with Crippen molar-refractivity contribution in [3.63, 3.8) is 0 Å². The van der Waals surface area contributed by atoms with Crippen LogP contribution >= 0.6 is 0 Å². The molecule has 0 spiro atoms. The number of aliphatic hydroxyl groups is 1. The minimum atomic E-state index is -0.825. The van der Waals surface area contributed by atoms with E-state index in [9.17, 15) is 9.90 Å². The van der Waals surface area contributed by atoms with Crippen LogP contribution in [0.2, 0.25) is 0 Å². The van der Waals surface area contributed by atoms with Gasteiger partial charge in [-0.05, 0) is 31.2 Å². The number of likely N-dealkylation sites (N-methyl/N-ethyl adjacent to an activating group) is 1. The van der Waals surface area contributed by atoms with E-state index in [2.05, 4.69) is 5.32 Å². The van der Waals surface area contributed by atoms with Crippen molar-refractivity contribution < 1.29 is 24.1 Å². The number of nitrogens with one attached hydrogen (secondary N) is 1. The number of rotatable bonds is 6. The van der Waals surface area contributed by atoms with Crippen molar-refractivity contribution in [2.45, 2.75) is 13.0 Å². The fraction of sp³-hybridized carbons (Fsp3) is 0.316. The average Bonchev–Trinajstić information content (AvgIpc) is 3.09. The first-order valence-corrected chi connectivity index (χ1v) is 8.30. The average molecular weight is 358 g/mol. The third-order valence-electron chi connectivity index (χ3n) is 3.92. The molecule has 2 aromatic carbocycles. The fourth-order valence-electron chi connectivity index (χ4n) is 2.47. The van der Waals surface area contributed by atoms with Gasteiger partial charge in [-0.25, -0.2) is 4.79 Å². The molecule has 0 saturated carbocycles. The molecular formula is C19H22N2O5. The fourth-order valence-corrected chi connectivity index (χ4v) is 2.47. The Morgan fingerprint density at radius 1 is 1.23 bits per heavy atom. The number of anilines is 1. The van der Waals surface area contributed by atoms with Crippen LogP contribution in [0.1, 0.15) is 5.56 Å². The lowest BCUT2D eigenvalue weighted by molar-refractivity contribution is 0.0849. The van der Waals surface area contributed by atoms with Gasteiger partial charge >= 0.3 is 6.03 Å². The monoisotopic (exact) mass is 358 g/mol. The summed E-state index contributed by atoms with van der Waals surface area (Å²) in [6.45, 7) is 2.38. The minimum Gasteiger partial charge on any atom is -0.491 e. The van der Waals surface area contributed by atoms with Crippen LogP contribution in [0.15, 0.2) is 42.5 Å². The van der Waals surface area contributed by atoms with Gasteiger partial charge in [0.15, 0.2) is 11.5 Å². The van der Waals surface area contributed by atoms with Crippen LogP contribution in [0, 0.1) is 6.92 Å². The van der Waals surface area contributed by atoms with Crippen molar-refractivity contribution >= 4 is 11.7 Å².